The molecule has 0 saturated carbocycles. The molecule has 11 heteroatoms. The lowest BCUT2D eigenvalue weighted by Gasteiger charge is -2.25. The lowest BCUT2D eigenvalue weighted by atomic mass is 9.95. The van der Waals surface area contributed by atoms with E-state index in [1.54, 1.807) is 49.7 Å². The fourth-order valence-electron chi connectivity index (χ4n) is 5.85. The summed E-state index contributed by atoms with van der Waals surface area (Å²) >= 11 is 1.23. The number of hydrogen-bond acceptors (Lipinski definition) is 9. The summed E-state index contributed by atoms with van der Waals surface area (Å²) in [6.07, 6.45) is 3.37. The van der Waals surface area contributed by atoms with E-state index < -0.39 is 18.0 Å². The van der Waals surface area contributed by atoms with Crippen molar-refractivity contribution in [3.05, 3.63) is 132 Å². The number of nitrogens with zero attached hydrogens (tertiary/aromatic N) is 4. The van der Waals surface area contributed by atoms with Crippen LogP contribution in [0.15, 0.2) is 100 Å². The quantitative estimate of drug-likeness (QED) is 0.177. The van der Waals surface area contributed by atoms with Crippen LogP contribution in [0.5, 0.6) is 5.75 Å². The van der Waals surface area contributed by atoms with Crippen molar-refractivity contribution in [1.82, 2.24) is 14.3 Å². The fourth-order valence-corrected chi connectivity index (χ4v) is 6.89. The van der Waals surface area contributed by atoms with Crippen LogP contribution in [0, 0.1) is 6.92 Å². The second kappa shape index (κ2) is 14.1. The van der Waals surface area contributed by atoms with Crippen LogP contribution in [0.2, 0.25) is 0 Å². The standard InChI is InChI=1S/C39H38N4O6S/c1-22(2)48-31-18-17-28(19-24(31)5)34-29(21-42(41-34)30-11-9-8-10-12-30)20-32-36(44)43-35(26-13-15-27(16-14-26)37(45)47-7)33(38(46)49-23(3)4)25(6)40-39(43)50-32/h8-23,35H,1-7H3/b32-20-/t35-/m1/s1. The largest absolute Gasteiger partial charge is 0.491 e. The van der Waals surface area contributed by atoms with Gasteiger partial charge in [0.1, 0.15) is 11.4 Å². The van der Waals surface area contributed by atoms with Crippen LogP contribution in [0.1, 0.15) is 67.7 Å². The molecule has 10 nitrogen and oxygen atoms in total. The molecule has 0 bridgehead atoms. The van der Waals surface area contributed by atoms with E-state index in [0.29, 0.717) is 31.9 Å². The van der Waals surface area contributed by atoms with Gasteiger partial charge in [-0.25, -0.2) is 19.3 Å². The Bertz CT molecular complexity index is 2300. The number of methoxy groups -OCH3 is 1. The van der Waals surface area contributed by atoms with E-state index in [1.165, 1.54) is 23.0 Å². The van der Waals surface area contributed by atoms with Gasteiger partial charge in [0.05, 0.1) is 52.4 Å². The van der Waals surface area contributed by atoms with Gasteiger partial charge >= 0.3 is 11.9 Å². The summed E-state index contributed by atoms with van der Waals surface area (Å²) in [6.45, 7) is 11.2. The third-order valence-electron chi connectivity index (χ3n) is 8.09. The number of aryl methyl sites for hydroxylation is 1. The highest BCUT2D eigenvalue weighted by atomic mass is 32.1. The SMILES string of the molecule is COC(=O)c1ccc([C@@H]2C(C(=O)OC(C)C)=C(C)N=c3s/c(=C\c4cn(-c5ccccc5)nc4-c4ccc(OC(C)C)c(C)c4)c(=O)n32)cc1. The molecule has 1 atom stereocenters. The number of fused-ring (bicyclic) bond motifs is 1. The minimum Gasteiger partial charge on any atom is -0.491 e. The van der Waals surface area contributed by atoms with Gasteiger partial charge < -0.3 is 14.2 Å². The predicted octanol–water partition coefficient (Wildman–Crippen LogP) is 5.92. The summed E-state index contributed by atoms with van der Waals surface area (Å²) in [6, 6.07) is 21.5. The smallest absolute Gasteiger partial charge is 0.338 e. The molecule has 5 aromatic rings. The maximum Gasteiger partial charge on any atom is 0.338 e. The molecule has 0 saturated heterocycles. The first-order valence-electron chi connectivity index (χ1n) is 16.3. The van der Waals surface area contributed by atoms with E-state index in [4.69, 9.17) is 24.3 Å². The van der Waals surface area contributed by atoms with Crippen LogP contribution in [-0.4, -0.2) is 45.6 Å². The highest BCUT2D eigenvalue weighted by molar-refractivity contribution is 7.07. The maximum absolute atomic E-state index is 14.4. The van der Waals surface area contributed by atoms with Gasteiger partial charge in [-0.1, -0.05) is 41.7 Å². The van der Waals surface area contributed by atoms with E-state index in [0.717, 1.165) is 28.1 Å². The number of esters is 2. The second-order valence-electron chi connectivity index (χ2n) is 12.5. The third-order valence-corrected chi connectivity index (χ3v) is 9.08. The Morgan fingerprint density at radius 1 is 0.920 bits per heavy atom. The highest BCUT2D eigenvalue weighted by Crippen LogP contribution is 2.32. The Kier molecular flexibility index (Phi) is 9.70. The number of benzene rings is 3. The van der Waals surface area contributed by atoms with E-state index in [9.17, 15) is 14.4 Å². The molecule has 6 rings (SSSR count). The van der Waals surface area contributed by atoms with Crippen molar-refractivity contribution in [1.29, 1.82) is 0 Å². The minimum absolute atomic E-state index is 0.0319. The second-order valence-corrected chi connectivity index (χ2v) is 13.5. The molecule has 0 aliphatic carbocycles. The van der Waals surface area contributed by atoms with Crippen LogP contribution < -0.4 is 19.6 Å². The van der Waals surface area contributed by atoms with E-state index in [2.05, 4.69) is 0 Å². The van der Waals surface area contributed by atoms with Gasteiger partial charge in [-0.2, -0.15) is 5.10 Å². The van der Waals surface area contributed by atoms with Crippen LogP contribution in [0.4, 0.5) is 0 Å². The third kappa shape index (κ3) is 6.81. The first kappa shape index (κ1) is 34.3. The highest BCUT2D eigenvalue weighted by Gasteiger charge is 2.34. The van der Waals surface area contributed by atoms with E-state index in [1.807, 2.05) is 81.6 Å². The fraction of sp³-hybridized carbons (Fsp3) is 0.256. The zero-order valence-electron chi connectivity index (χ0n) is 29.0. The number of allylic oxidation sites excluding steroid dienone is 1. The summed E-state index contributed by atoms with van der Waals surface area (Å²) in [7, 11) is 1.31. The van der Waals surface area contributed by atoms with Crippen molar-refractivity contribution in [2.45, 2.75) is 59.8 Å². The Labute approximate surface area is 293 Å². The molecule has 256 valence electrons. The number of hydrogen-bond donors (Lipinski definition) is 0. The number of thiazole rings is 1. The van der Waals surface area contributed by atoms with Crippen molar-refractivity contribution >= 4 is 29.4 Å². The maximum atomic E-state index is 14.4. The molecular formula is C39H38N4O6S. The average Bonchev–Trinajstić information content (AvgIpc) is 3.65. The number of rotatable bonds is 9. The van der Waals surface area contributed by atoms with E-state index >= 15 is 0 Å². The summed E-state index contributed by atoms with van der Waals surface area (Å²) in [4.78, 5) is 45.3. The topological polar surface area (TPSA) is 114 Å². The first-order valence-corrected chi connectivity index (χ1v) is 17.1. The number of para-hydroxylation sites is 1. The van der Waals surface area contributed by atoms with Gasteiger partial charge in [0.15, 0.2) is 4.80 Å². The summed E-state index contributed by atoms with van der Waals surface area (Å²) in [5.74, 6) is -0.261. The van der Waals surface area contributed by atoms with Crippen LogP contribution in [0.25, 0.3) is 23.0 Å². The molecule has 3 heterocycles. The molecular weight excluding hydrogens is 653 g/mol. The van der Waals surface area contributed by atoms with Gasteiger partial charge in [0, 0.05) is 17.3 Å². The van der Waals surface area contributed by atoms with E-state index in [-0.39, 0.29) is 23.3 Å². The molecule has 50 heavy (non-hydrogen) atoms. The minimum atomic E-state index is -0.839. The molecule has 0 spiro atoms. The van der Waals surface area contributed by atoms with Crippen LogP contribution >= 0.6 is 11.3 Å². The summed E-state index contributed by atoms with van der Waals surface area (Å²) in [5, 5.41) is 4.97. The van der Waals surface area contributed by atoms with Crippen LogP contribution in [0.3, 0.4) is 0 Å². The molecule has 0 N–H and O–H groups in total. The van der Waals surface area contributed by atoms with Gasteiger partial charge in [-0.15, -0.1) is 0 Å². The first-order chi connectivity index (χ1) is 23.9. The normalized spacial score (nSPS) is 14.5. The van der Waals surface area contributed by atoms with Gasteiger partial charge in [0.25, 0.3) is 5.56 Å². The average molecular weight is 691 g/mol. The zero-order chi connectivity index (χ0) is 35.7. The van der Waals surface area contributed by atoms with Crippen LogP contribution in [-0.2, 0) is 14.3 Å². The molecule has 0 amide bonds. The van der Waals surface area contributed by atoms with Crippen molar-refractivity contribution in [3.63, 3.8) is 0 Å². The lowest BCUT2D eigenvalue weighted by molar-refractivity contribution is -0.143. The van der Waals surface area contributed by atoms with Crippen molar-refractivity contribution in [2.75, 3.05) is 7.11 Å². The molecule has 2 aromatic heterocycles. The Hall–Kier alpha value is -5.55. The van der Waals surface area contributed by atoms with Crippen molar-refractivity contribution < 1.29 is 23.8 Å². The zero-order valence-corrected chi connectivity index (χ0v) is 29.8. The Morgan fingerprint density at radius 2 is 1.64 bits per heavy atom. The Morgan fingerprint density at radius 3 is 2.28 bits per heavy atom. The summed E-state index contributed by atoms with van der Waals surface area (Å²) < 4.78 is 20.2. The molecule has 0 fully saturated rings. The van der Waals surface area contributed by atoms with Gasteiger partial charge in [0.2, 0.25) is 0 Å². The Balaban J connectivity index is 1.53. The molecule has 0 unspecified atom stereocenters. The molecule has 0 radical (unpaired) electrons. The number of aromatic nitrogens is 3. The van der Waals surface area contributed by atoms with Crippen molar-refractivity contribution in [3.8, 4) is 22.7 Å². The molecule has 1 aliphatic heterocycles. The van der Waals surface area contributed by atoms with Crippen molar-refractivity contribution in [2.24, 2.45) is 4.99 Å². The van der Waals surface area contributed by atoms with Gasteiger partial charge in [-0.3, -0.25) is 9.36 Å². The van der Waals surface area contributed by atoms with Gasteiger partial charge in [-0.05, 0) is 101 Å². The number of ether oxygens (including phenoxy) is 3. The summed E-state index contributed by atoms with van der Waals surface area (Å²) in [5.41, 5.74) is 5.44. The molecule has 3 aromatic carbocycles. The molecule has 1 aliphatic rings. The number of carbonyl (C=O) groups is 2. The monoisotopic (exact) mass is 690 g/mol. The predicted molar refractivity (Wildman–Crippen MR) is 192 cm³/mol. The lowest BCUT2D eigenvalue weighted by Crippen LogP contribution is -2.40. The number of carbonyl (C=O) groups excluding carboxylic acids is 2.